The zero-order chi connectivity index (χ0) is 16.4. The second-order valence-electron chi connectivity index (χ2n) is 5.37. The third kappa shape index (κ3) is 2.94. The molecule has 3 N–H and O–H groups in total. The zero-order valence-corrected chi connectivity index (χ0v) is 12.5. The van der Waals surface area contributed by atoms with Crippen molar-refractivity contribution in [3.63, 3.8) is 0 Å². The van der Waals surface area contributed by atoms with Crippen LogP contribution < -0.4 is 10.7 Å². The molecule has 1 heterocycles. The van der Waals surface area contributed by atoms with E-state index in [1.807, 2.05) is 6.07 Å². The Bertz CT molecular complexity index is 931. The van der Waals surface area contributed by atoms with Gasteiger partial charge in [0.2, 0.25) is 5.43 Å². The number of para-hydroxylation sites is 1. The van der Waals surface area contributed by atoms with Crippen LogP contribution >= 0.6 is 0 Å². The minimum Gasteiger partial charge on any atom is -0.508 e. The Morgan fingerprint density at radius 3 is 2.74 bits per heavy atom. The molecule has 5 heteroatoms. The standard InChI is InChI=1S/C18H16N2O3/c1-11(12-5-4-6-13(21)9-12)20-18(23)15-10-19-16-8-3-2-7-14(16)17(15)22/h2-11,21H,1H3,(H,19,22)(H,20,23). The number of hydrogen-bond acceptors (Lipinski definition) is 3. The number of rotatable bonds is 3. The third-order valence-corrected chi connectivity index (χ3v) is 3.75. The van der Waals surface area contributed by atoms with Crippen LogP contribution in [-0.4, -0.2) is 16.0 Å². The van der Waals surface area contributed by atoms with Gasteiger partial charge in [0.25, 0.3) is 5.91 Å². The molecule has 0 saturated heterocycles. The SMILES string of the molecule is CC(NC(=O)c1c[nH]c2ccccc2c1=O)c1cccc(O)c1. The van der Waals surface area contributed by atoms with Gasteiger partial charge in [-0.15, -0.1) is 0 Å². The number of amides is 1. The molecule has 0 spiro atoms. The van der Waals surface area contributed by atoms with Crippen LogP contribution in [0.4, 0.5) is 0 Å². The molecule has 0 saturated carbocycles. The minimum absolute atomic E-state index is 0.0655. The van der Waals surface area contributed by atoms with Gasteiger partial charge >= 0.3 is 0 Å². The zero-order valence-electron chi connectivity index (χ0n) is 12.5. The van der Waals surface area contributed by atoms with Crippen molar-refractivity contribution in [2.45, 2.75) is 13.0 Å². The number of hydrogen-bond donors (Lipinski definition) is 3. The number of carbonyl (C=O) groups excluding carboxylic acids is 1. The predicted molar refractivity (Wildman–Crippen MR) is 88.6 cm³/mol. The molecule has 3 aromatic rings. The van der Waals surface area contributed by atoms with Crippen LogP contribution in [0.2, 0.25) is 0 Å². The van der Waals surface area contributed by atoms with Crippen LogP contribution in [0.25, 0.3) is 10.9 Å². The maximum absolute atomic E-state index is 12.4. The van der Waals surface area contributed by atoms with E-state index in [1.165, 1.54) is 6.20 Å². The first kappa shape index (κ1) is 14.8. The van der Waals surface area contributed by atoms with Crippen LogP contribution in [-0.2, 0) is 0 Å². The van der Waals surface area contributed by atoms with Gasteiger partial charge in [-0.2, -0.15) is 0 Å². The van der Waals surface area contributed by atoms with Crippen molar-refractivity contribution in [2.75, 3.05) is 0 Å². The van der Waals surface area contributed by atoms with Crippen molar-refractivity contribution < 1.29 is 9.90 Å². The Morgan fingerprint density at radius 2 is 1.96 bits per heavy atom. The second kappa shape index (κ2) is 5.96. The first-order valence-corrected chi connectivity index (χ1v) is 7.26. The highest BCUT2D eigenvalue weighted by Crippen LogP contribution is 2.18. The van der Waals surface area contributed by atoms with E-state index in [4.69, 9.17) is 0 Å². The number of pyridine rings is 1. The van der Waals surface area contributed by atoms with Crippen molar-refractivity contribution in [2.24, 2.45) is 0 Å². The van der Waals surface area contributed by atoms with E-state index in [0.29, 0.717) is 10.9 Å². The molecule has 1 aromatic heterocycles. The molecule has 1 amide bonds. The smallest absolute Gasteiger partial charge is 0.257 e. The number of phenolic OH excluding ortho intramolecular Hbond substituents is 1. The average Bonchev–Trinajstić information content (AvgIpc) is 2.55. The Labute approximate surface area is 132 Å². The first-order chi connectivity index (χ1) is 11.1. The molecule has 23 heavy (non-hydrogen) atoms. The fraction of sp³-hybridized carbons (Fsp3) is 0.111. The van der Waals surface area contributed by atoms with Crippen LogP contribution in [0.5, 0.6) is 5.75 Å². The summed E-state index contributed by atoms with van der Waals surface area (Å²) in [5, 5.41) is 12.8. The highest BCUT2D eigenvalue weighted by atomic mass is 16.3. The molecule has 0 fully saturated rings. The number of benzene rings is 2. The number of fused-ring (bicyclic) bond motifs is 1. The van der Waals surface area contributed by atoms with Gasteiger partial charge in [0.1, 0.15) is 11.3 Å². The van der Waals surface area contributed by atoms with Gasteiger partial charge in [-0.3, -0.25) is 9.59 Å². The summed E-state index contributed by atoms with van der Waals surface area (Å²) in [7, 11) is 0. The van der Waals surface area contributed by atoms with Gasteiger partial charge in [-0.05, 0) is 36.8 Å². The summed E-state index contributed by atoms with van der Waals surface area (Å²) in [5.41, 5.74) is 1.21. The van der Waals surface area contributed by atoms with E-state index < -0.39 is 5.91 Å². The van der Waals surface area contributed by atoms with Crippen LogP contribution in [0.1, 0.15) is 28.9 Å². The largest absolute Gasteiger partial charge is 0.508 e. The van der Waals surface area contributed by atoms with E-state index in [0.717, 1.165) is 5.56 Å². The first-order valence-electron chi connectivity index (χ1n) is 7.26. The number of aromatic hydroxyl groups is 1. The van der Waals surface area contributed by atoms with Gasteiger partial charge in [-0.1, -0.05) is 24.3 Å². The third-order valence-electron chi connectivity index (χ3n) is 3.75. The maximum Gasteiger partial charge on any atom is 0.257 e. The lowest BCUT2D eigenvalue weighted by molar-refractivity contribution is 0.0938. The van der Waals surface area contributed by atoms with E-state index >= 15 is 0 Å². The molecule has 0 bridgehead atoms. The number of aromatic nitrogens is 1. The van der Waals surface area contributed by atoms with Crippen LogP contribution in [0.15, 0.2) is 59.5 Å². The number of nitrogens with one attached hydrogen (secondary N) is 2. The molecule has 5 nitrogen and oxygen atoms in total. The molecule has 0 aliphatic rings. The van der Waals surface area contributed by atoms with Gasteiger partial charge in [-0.25, -0.2) is 0 Å². The summed E-state index contributed by atoms with van der Waals surface area (Å²) in [6.45, 7) is 1.79. The lowest BCUT2D eigenvalue weighted by Crippen LogP contribution is -2.31. The highest BCUT2D eigenvalue weighted by Gasteiger charge is 2.16. The summed E-state index contributed by atoms with van der Waals surface area (Å²) >= 11 is 0. The number of carbonyl (C=O) groups is 1. The predicted octanol–water partition coefficient (Wildman–Crippen LogP) is 2.72. The van der Waals surface area contributed by atoms with Crippen molar-refractivity contribution >= 4 is 16.8 Å². The fourth-order valence-electron chi connectivity index (χ4n) is 2.49. The summed E-state index contributed by atoms with van der Waals surface area (Å²) < 4.78 is 0. The summed E-state index contributed by atoms with van der Waals surface area (Å²) in [6.07, 6.45) is 1.43. The lowest BCUT2D eigenvalue weighted by atomic mass is 10.1. The second-order valence-corrected chi connectivity index (χ2v) is 5.37. The van der Waals surface area contributed by atoms with Crippen molar-refractivity contribution in [3.05, 3.63) is 76.1 Å². The fourth-order valence-corrected chi connectivity index (χ4v) is 2.49. The lowest BCUT2D eigenvalue weighted by Gasteiger charge is -2.14. The molecule has 0 radical (unpaired) electrons. The Kier molecular flexibility index (Phi) is 3.85. The molecule has 1 atom stereocenters. The van der Waals surface area contributed by atoms with Gasteiger partial charge < -0.3 is 15.4 Å². The summed E-state index contributed by atoms with van der Waals surface area (Å²) in [6, 6.07) is 13.4. The minimum atomic E-state index is -0.451. The molecule has 0 aliphatic carbocycles. The number of phenols is 1. The number of aromatic amines is 1. The summed E-state index contributed by atoms with van der Waals surface area (Å²) in [5.74, 6) is -0.319. The normalized spacial score (nSPS) is 12.0. The average molecular weight is 308 g/mol. The molecular weight excluding hydrogens is 292 g/mol. The molecule has 3 rings (SSSR count). The van der Waals surface area contributed by atoms with Gasteiger partial charge in [0.05, 0.1) is 6.04 Å². The molecule has 0 aliphatic heterocycles. The van der Waals surface area contributed by atoms with E-state index in [1.54, 1.807) is 49.4 Å². The highest BCUT2D eigenvalue weighted by molar-refractivity contribution is 5.97. The van der Waals surface area contributed by atoms with E-state index in [2.05, 4.69) is 10.3 Å². The Hall–Kier alpha value is -3.08. The van der Waals surface area contributed by atoms with Crippen LogP contribution in [0.3, 0.4) is 0 Å². The van der Waals surface area contributed by atoms with Gasteiger partial charge in [0, 0.05) is 17.1 Å². The quantitative estimate of drug-likeness (QED) is 0.696. The van der Waals surface area contributed by atoms with Gasteiger partial charge in [0.15, 0.2) is 0 Å². The van der Waals surface area contributed by atoms with E-state index in [-0.39, 0.29) is 22.8 Å². The molecule has 2 aromatic carbocycles. The van der Waals surface area contributed by atoms with Crippen molar-refractivity contribution in [3.8, 4) is 5.75 Å². The number of H-pyrrole nitrogens is 1. The van der Waals surface area contributed by atoms with Crippen molar-refractivity contribution in [1.29, 1.82) is 0 Å². The Balaban J connectivity index is 1.89. The molecule has 1 unspecified atom stereocenters. The van der Waals surface area contributed by atoms with Crippen molar-refractivity contribution in [1.82, 2.24) is 10.3 Å². The molecular formula is C18H16N2O3. The van der Waals surface area contributed by atoms with E-state index in [9.17, 15) is 14.7 Å². The molecule has 116 valence electrons. The maximum atomic E-state index is 12.4. The Morgan fingerprint density at radius 1 is 1.17 bits per heavy atom. The topological polar surface area (TPSA) is 82.2 Å². The summed E-state index contributed by atoms with van der Waals surface area (Å²) in [4.78, 5) is 27.8. The monoisotopic (exact) mass is 308 g/mol. The van der Waals surface area contributed by atoms with Crippen LogP contribution in [0, 0.1) is 0 Å².